The molecule has 8 nitrogen and oxygen atoms in total. The molecule has 210 valence electrons. The molecule has 8 N–H and O–H groups in total. The van der Waals surface area contributed by atoms with Crippen LogP contribution in [0.1, 0.15) is 73.1 Å². The molecule has 4 aliphatic carbocycles. The molecular formula is C28H50O8. The van der Waals surface area contributed by atoms with E-state index >= 15 is 0 Å². The average Bonchev–Trinajstić information content (AvgIpc) is 3.03. The van der Waals surface area contributed by atoms with E-state index in [1.54, 1.807) is 0 Å². The monoisotopic (exact) mass is 514 g/mol. The first kappa shape index (κ1) is 28.7. The van der Waals surface area contributed by atoms with E-state index in [1.165, 1.54) is 0 Å². The maximum absolute atomic E-state index is 12.4. The molecule has 0 heterocycles. The minimum atomic E-state index is -1.84. The molecule has 8 heteroatoms. The molecule has 4 aliphatic rings. The fourth-order valence-corrected chi connectivity index (χ4v) is 9.72. The van der Waals surface area contributed by atoms with Crippen LogP contribution < -0.4 is 0 Å². The van der Waals surface area contributed by atoms with Crippen molar-refractivity contribution < 1.29 is 40.9 Å². The van der Waals surface area contributed by atoms with Gasteiger partial charge in [-0.3, -0.25) is 0 Å². The van der Waals surface area contributed by atoms with Gasteiger partial charge in [0.25, 0.3) is 0 Å². The van der Waals surface area contributed by atoms with Crippen molar-refractivity contribution in [3.8, 4) is 0 Å². The molecule has 36 heavy (non-hydrogen) atoms. The Morgan fingerprint density at radius 3 is 1.97 bits per heavy atom. The lowest BCUT2D eigenvalue weighted by molar-refractivity contribution is -0.322. The van der Waals surface area contributed by atoms with Crippen LogP contribution in [0.3, 0.4) is 0 Å². The topological polar surface area (TPSA) is 162 Å². The second kappa shape index (κ2) is 9.70. The van der Waals surface area contributed by atoms with Gasteiger partial charge in [0.05, 0.1) is 30.5 Å². The fraction of sp³-hybridized carbons (Fsp3) is 1.00. The summed E-state index contributed by atoms with van der Waals surface area (Å²) < 4.78 is 0. The van der Waals surface area contributed by atoms with Gasteiger partial charge in [-0.1, -0.05) is 47.5 Å². The molecule has 4 rings (SSSR count). The molecule has 0 amide bonds. The summed E-state index contributed by atoms with van der Waals surface area (Å²) in [7, 11) is 0. The highest BCUT2D eigenvalue weighted by molar-refractivity contribution is 5.25. The van der Waals surface area contributed by atoms with Crippen molar-refractivity contribution in [3.05, 3.63) is 0 Å². The molecule has 0 spiro atoms. The van der Waals surface area contributed by atoms with Crippen LogP contribution in [0.15, 0.2) is 0 Å². The van der Waals surface area contributed by atoms with E-state index in [2.05, 4.69) is 13.8 Å². The fourth-order valence-electron chi connectivity index (χ4n) is 9.72. The van der Waals surface area contributed by atoms with Crippen molar-refractivity contribution in [2.75, 3.05) is 6.61 Å². The second-order valence-electron chi connectivity index (χ2n) is 13.7. The predicted molar refractivity (Wildman–Crippen MR) is 133 cm³/mol. The third-order valence-corrected chi connectivity index (χ3v) is 12.0. The zero-order chi connectivity index (χ0) is 27.0. The Kier molecular flexibility index (Phi) is 7.73. The molecule has 4 fully saturated rings. The Balaban J connectivity index is 1.67. The van der Waals surface area contributed by atoms with E-state index in [4.69, 9.17) is 0 Å². The number of aliphatic hydroxyl groups is 8. The molecule has 0 aromatic rings. The van der Waals surface area contributed by atoms with Crippen LogP contribution >= 0.6 is 0 Å². The van der Waals surface area contributed by atoms with E-state index in [-0.39, 0.29) is 24.4 Å². The van der Waals surface area contributed by atoms with Gasteiger partial charge in [-0.05, 0) is 66.1 Å². The number of hydrogen-bond donors (Lipinski definition) is 8. The quantitative estimate of drug-likeness (QED) is 0.256. The molecule has 0 radical (unpaired) electrons. The maximum atomic E-state index is 12.4. The Hall–Kier alpha value is -0.320. The summed E-state index contributed by atoms with van der Waals surface area (Å²) in [6.07, 6.45) is -3.96. The number of fused-ring (bicyclic) bond motifs is 5. The summed E-state index contributed by atoms with van der Waals surface area (Å²) in [6.45, 7) is 10.2. The van der Waals surface area contributed by atoms with Gasteiger partial charge in [-0.2, -0.15) is 0 Å². The molecular weight excluding hydrogens is 464 g/mol. The summed E-state index contributed by atoms with van der Waals surface area (Å²) in [5.74, 6) is -1.91. The Labute approximate surface area is 215 Å². The first-order chi connectivity index (χ1) is 16.7. The summed E-state index contributed by atoms with van der Waals surface area (Å²) in [5.41, 5.74) is -3.24. The Morgan fingerprint density at radius 1 is 0.750 bits per heavy atom. The van der Waals surface area contributed by atoms with Crippen LogP contribution in [-0.2, 0) is 0 Å². The second-order valence-corrected chi connectivity index (χ2v) is 13.7. The van der Waals surface area contributed by atoms with Crippen LogP contribution in [0.25, 0.3) is 0 Å². The van der Waals surface area contributed by atoms with E-state index in [1.807, 2.05) is 20.8 Å². The van der Waals surface area contributed by atoms with Crippen LogP contribution in [0.4, 0.5) is 0 Å². The Bertz CT molecular complexity index is 796. The lowest BCUT2D eigenvalue weighted by Crippen LogP contribution is -2.76. The molecule has 3 unspecified atom stereocenters. The summed E-state index contributed by atoms with van der Waals surface area (Å²) >= 11 is 0. The van der Waals surface area contributed by atoms with Gasteiger partial charge in [-0.15, -0.1) is 0 Å². The minimum Gasteiger partial charge on any atom is -0.396 e. The lowest BCUT2D eigenvalue weighted by atomic mass is 9.40. The molecule has 4 saturated carbocycles. The number of rotatable bonds is 6. The van der Waals surface area contributed by atoms with Gasteiger partial charge >= 0.3 is 0 Å². The summed E-state index contributed by atoms with van der Waals surface area (Å²) in [4.78, 5) is 0. The van der Waals surface area contributed by atoms with Crippen molar-refractivity contribution in [3.63, 3.8) is 0 Å². The smallest absolute Gasteiger partial charge is 0.110 e. The summed E-state index contributed by atoms with van der Waals surface area (Å²) in [5, 5.41) is 88.5. The first-order valence-corrected chi connectivity index (χ1v) is 14.1. The SMILES string of the molecule is C[C@H](CC[C@@H](C)[C@H](C)CO)[C@H]1[C@@H](O)[C@H](O)C2[C@@]3(O)C(CC[C@@]21C)[C@@]1(C)CC[C@H](O)[C@H](O)C1[C@H](O)[C@H]3O. The van der Waals surface area contributed by atoms with E-state index in [0.717, 1.165) is 12.8 Å². The summed E-state index contributed by atoms with van der Waals surface area (Å²) in [6, 6.07) is 0. The zero-order valence-corrected chi connectivity index (χ0v) is 22.5. The molecule has 0 aromatic carbocycles. The largest absolute Gasteiger partial charge is 0.396 e. The van der Waals surface area contributed by atoms with E-state index in [9.17, 15) is 40.9 Å². The average molecular weight is 515 g/mol. The zero-order valence-electron chi connectivity index (χ0n) is 22.5. The molecule has 0 aromatic heterocycles. The molecule has 0 saturated heterocycles. The van der Waals surface area contributed by atoms with Crippen molar-refractivity contribution >= 4 is 0 Å². The highest BCUT2D eigenvalue weighted by Crippen LogP contribution is 2.69. The minimum absolute atomic E-state index is 0.0405. The van der Waals surface area contributed by atoms with Gasteiger partial charge in [0.1, 0.15) is 11.7 Å². The molecule has 16 atom stereocenters. The van der Waals surface area contributed by atoms with Crippen LogP contribution in [0.2, 0.25) is 0 Å². The maximum Gasteiger partial charge on any atom is 0.110 e. The third kappa shape index (κ3) is 3.85. The highest BCUT2D eigenvalue weighted by atomic mass is 16.4. The van der Waals surface area contributed by atoms with E-state index < -0.39 is 70.8 Å². The molecule has 0 bridgehead atoms. The number of aliphatic hydroxyl groups excluding tert-OH is 7. The van der Waals surface area contributed by atoms with Crippen LogP contribution in [-0.4, -0.2) is 89.7 Å². The van der Waals surface area contributed by atoms with Crippen molar-refractivity contribution in [1.82, 2.24) is 0 Å². The number of hydrogen-bond acceptors (Lipinski definition) is 8. The van der Waals surface area contributed by atoms with Crippen molar-refractivity contribution in [1.29, 1.82) is 0 Å². The van der Waals surface area contributed by atoms with E-state index in [0.29, 0.717) is 31.6 Å². The standard InChI is InChI=1S/C28H50O8/c1-13(15(3)12-29)6-7-14(2)18-21(32)23(34)24-27(18,5)11-9-17-26(4)10-8-16(30)20(31)19(26)22(33)25(35)28(17,24)36/h13-25,29-36H,6-12H2,1-5H3/t13-,14-,15-,16+,17?,18+,19?,20+,21-,22+,23+,24?,25-,26-,27-,28+/m1/s1. The van der Waals surface area contributed by atoms with Crippen LogP contribution in [0.5, 0.6) is 0 Å². The van der Waals surface area contributed by atoms with Crippen LogP contribution in [0, 0.1) is 52.3 Å². The Morgan fingerprint density at radius 2 is 1.36 bits per heavy atom. The van der Waals surface area contributed by atoms with Gasteiger partial charge in [-0.25, -0.2) is 0 Å². The lowest BCUT2D eigenvalue weighted by Gasteiger charge is -2.67. The normalized spacial score (nSPS) is 55.2. The van der Waals surface area contributed by atoms with Gasteiger partial charge < -0.3 is 40.9 Å². The predicted octanol–water partition coefficient (Wildman–Crippen LogP) is 0.656. The van der Waals surface area contributed by atoms with Gasteiger partial charge in [0.15, 0.2) is 0 Å². The first-order valence-electron chi connectivity index (χ1n) is 14.1. The van der Waals surface area contributed by atoms with Gasteiger partial charge in [0.2, 0.25) is 0 Å². The van der Waals surface area contributed by atoms with Crippen molar-refractivity contribution in [2.24, 2.45) is 52.3 Å². The third-order valence-electron chi connectivity index (χ3n) is 12.0. The van der Waals surface area contributed by atoms with Crippen molar-refractivity contribution in [2.45, 2.75) is 115 Å². The molecule has 0 aliphatic heterocycles. The highest BCUT2D eigenvalue weighted by Gasteiger charge is 2.76. The van der Waals surface area contributed by atoms with Gasteiger partial charge in [0, 0.05) is 18.4 Å².